The molecule has 1 aliphatic heterocycles. The first-order valence-electron chi connectivity index (χ1n) is 4.27. The monoisotopic (exact) mass is 180 g/mol. The van der Waals surface area contributed by atoms with Gasteiger partial charge in [0.1, 0.15) is 6.10 Å². The van der Waals surface area contributed by atoms with Gasteiger partial charge in [-0.2, -0.15) is 0 Å². The Labute approximate surface area is 70.5 Å². The van der Waals surface area contributed by atoms with Crippen LogP contribution in [0.5, 0.6) is 0 Å². The number of hydrogen-bond acceptors (Lipinski definition) is 2. The third kappa shape index (κ3) is 2.38. The molecule has 0 saturated carbocycles. The Hall–Kier alpha value is -0.220. The van der Waals surface area contributed by atoms with Gasteiger partial charge < -0.3 is 9.84 Å². The van der Waals surface area contributed by atoms with Crippen molar-refractivity contribution in [2.24, 2.45) is 0 Å². The molecule has 1 heterocycles. The Kier molecular flexibility index (Phi) is 3.40. The predicted octanol–water partition coefficient (Wildman–Crippen LogP) is 1.57. The van der Waals surface area contributed by atoms with E-state index in [1.165, 1.54) is 0 Å². The van der Waals surface area contributed by atoms with Crippen LogP contribution in [0.15, 0.2) is 0 Å². The summed E-state index contributed by atoms with van der Waals surface area (Å²) in [5, 5.41) is 8.40. The van der Waals surface area contributed by atoms with Crippen LogP contribution in [-0.4, -0.2) is 30.3 Å². The molecule has 1 N–H and O–H groups in total. The molecular weight excluding hydrogens is 166 g/mol. The number of aliphatic hydroxyl groups excluding tert-OH is 1. The molecule has 1 unspecified atom stereocenters. The first-order valence-corrected chi connectivity index (χ1v) is 4.27. The quantitative estimate of drug-likeness (QED) is 0.714. The molecule has 0 bridgehead atoms. The van der Waals surface area contributed by atoms with Crippen LogP contribution in [0.1, 0.15) is 25.7 Å². The number of halogens is 2. The van der Waals surface area contributed by atoms with Crippen molar-refractivity contribution < 1.29 is 18.6 Å². The molecule has 12 heavy (non-hydrogen) atoms. The average Bonchev–Trinajstić information content (AvgIpc) is 2.06. The molecule has 0 aromatic carbocycles. The fourth-order valence-electron chi connectivity index (χ4n) is 1.38. The Morgan fingerprint density at radius 2 is 2.17 bits per heavy atom. The molecule has 0 spiro atoms. The lowest BCUT2D eigenvalue weighted by molar-refractivity contribution is -0.160. The highest BCUT2D eigenvalue weighted by Crippen LogP contribution is 2.30. The van der Waals surface area contributed by atoms with E-state index in [0.29, 0.717) is 13.0 Å². The van der Waals surface area contributed by atoms with E-state index >= 15 is 0 Å². The molecule has 1 fully saturated rings. The van der Waals surface area contributed by atoms with E-state index in [1.807, 2.05) is 0 Å². The normalized spacial score (nSPS) is 25.8. The summed E-state index contributed by atoms with van der Waals surface area (Å²) in [6.07, 6.45) is 0.612. The third-order valence-corrected chi connectivity index (χ3v) is 2.10. The van der Waals surface area contributed by atoms with Crippen LogP contribution in [-0.2, 0) is 4.74 Å². The highest BCUT2D eigenvalue weighted by atomic mass is 19.3. The van der Waals surface area contributed by atoms with Gasteiger partial charge in [0.2, 0.25) is 0 Å². The molecule has 1 atom stereocenters. The SMILES string of the molecule is OCCC(F)(F)C1CCCCO1. The number of hydrogen-bond donors (Lipinski definition) is 1. The largest absolute Gasteiger partial charge is 0.396 e. The number of rotatable bonds is 3. The van der Waals surface area contributed by atoms with Gasteiger partial charge in [0, 0.05) is 19.6 Å². The zero-order chi connectivity index (χ0) is 9.03. The van der Waals surface area contributed by atoms with Gasteiger partial charge in [0.15, 0.2) is 0 Å². The van der Waals surface area contributed by atoms with Crippen LogP contribution in [0.3, 0.4) is 0 Å². The molecule has 4 heteroatoms. The van der Waals surface area contributed by atoms with E-state index in [-0.39, 0.29) is 0 Å². The Morgan fingerprint density at radius 3 is 2.67 bits per heavy atom. The fraction of sp³-hybridized carbons (Fsp3) is 1.00. The van der Waals surface area contributed by atoms with Gasteiger partial charge in [-0.1, -0.05) is 0 Å². The highest BCUT2D eigenvalue weighted by Gasteiger charge is 2.40. The van der Waals surface area contributed by atoms with Crippen molar-refractivity contribution in [3.8, 4) is 0 Å². The second kappa shape index (κ2) is 4.14. The standard InChI is InChI=1S/C8H14F2O2/c9-8(10,4-5-11)7-3-1-2-6-12-7/h7,11H,1-6H2. The van der Waals surface area contributed by atoms with Gasteiger partial charge in [0.05, 0.1) is 0 Å². The first kappa shape index (κ1) is 9.86. The van der Waals surface area contributed by atoms with Crippen molar-refractivity contribution in [1.29, 1.82) is 0 Å². The summed E-state index contributed by atoms with van der Waals surface area (Å²) in [5.41, 5.74) is 0. The molecule has 0 radical (unpaired) electrons. The van der Waals surface area contributed by atoms with Crippen LogP contribution in [0.4, 0.5) is 8.78 Å². The Morgan fingerprint density at radius 1 is 1.42 bits per heavy atom. The fourth-order valence-corrected chi connectivity index (χ4v) is 1.38. The summed E-state index contributed by atoms with van der Waals surface area (Å²) in [5.74, 6) is -2.85. The van der Waals surface area contributed by atoms with E-state index in [2.05, 4.69) is 0 Å². The second-order valence-corrected chi connectivity index (χ2v) is 3.09. The number of ether oxygens (including phenoxy) is 1. The zero-order valence-corrected chi connectivity index (χ0v) is 6.93. The van der Waals surface area contributed by atoms with E-state index in [1.54, 1.807) is 0 Å². The minimum Gasteiger partial charge on any atom is -0.396 e. The minimum absolute atomic E-state index is 0.410. The molecule has 0 amide bonds. The van der Waals surface area contributed by atoms with Crippen molar-refractivity contribution in [3.05, 3.63) is 0 Å². The molecule has 0 aromatic rings. The molecule has 0 aromatic heterocycles. The van der Waals surface area contributed by atoms with Gasteiger partial charge in [0.25, 0.3) is 5.92 Å². The lowest BCUT2D eigenvalue weighted by Crippen LogP contribution is -2.38. The summed E-state index contributed by atoms with van der Waals surface area (Å²) in [7, 11) is 0. The summed E-state index contributed by atoms with van der Waals surface area (Å²) >= 11 is 0. The van der Waals surface area contributed by atoms with Gasteiger partial charge in [-0.3, -0.25) is 0 Å². The summed E-state index contributed by atoms with van der Waals surface area (Å²) < 4.78 is 31.0. The van der Waals surface area contributed by atoms with E-state index < -0.39 is 25.1 Å². The lowest BCUT2D eigenvalue weighted by atomic mass is 10.0. The molecule has 1 saturated heterocycles. The number of alkyl halides is 2. The van der Waals surface area contributed by atoms with Gasteiger partial charge in [-0.15, -0.1) is 0 Å². The highest BCUT2D eigenvalue weighted by molar-refractivity contribution is 4.79. The second-order valence-electron chi connectivity index (χ2n) is 3.09. The maximum absolute atomic E-state index is 13.0. The zero-order valence-electron chi connectivity index (χ0n) is 6.93. The van der Waals surface area contributed by atoms with Crippen molar-refractivity contribution >= 4 is 0 Å². The Balaban J connectivity index is 2.41. The van der Waals surface area contributed by atoms with Crippen LogP contribution in [0.25, 0.3) is 0 Å². The van der Waals surface area contributed by atoms with Gasteiger partial charge >= 0.3 is 0 Å². The van der Waals surface area contributed by atoms with Crippen molar-refractivity contribution in [1.82, 2.24) is 0 Å². The van der Waals surface area contributed by atoms with Gasteiger partial charge in [-0.05, 0) is 19.3 Å². The van der Waals surface area contributed by atoms with Crippen LogP contribution in [0.2, 0.25) is 0 Å². The van der Waals surface area contributed by atoms with E-state index in [0.717, 1.165) is 12.8 Å². The third-order valence-electron chi connectivity index (χ3n) is 2.10. The summed E-state index contributed by atoms with van der Waals surface area (Å²) in [6, 6.07) is 0. The lowest BCUT2D eigenvalue weighted by Gasteiger charge is -2.29. The maximum atomic E-state index is 13.0. The minimum atomic E-state index is -2.85. The molecular formula is C8H14F2O2. The first-order chi connectivity index (χ1) is 5.67. The molecule has 1 rings (SSSR count). The van der Waals surface area contributed by atoms with Crippen molar-refractivity contribution in [2.45, 2.75) is 37.7 Å². The molecule has 1 aliphatic rings. The van der Waals surface area contributed by atoms with Gasteiger partial charge in [-0.25, -0.2) is 8.78 Å². The Bertz CT molecular complexity index is 133. The summed E-state index contributed by atoms with van der Waals surface area (Å²) in [6.45, 7) is -0.0570. The topological polar surface area (TPSA) is 29.5 Å². The van der Waals surface area contributed by atoms with Crippen LogP contribution >= 0.6 is 0 Å². The van der Waals surface area contributed by atoms with Crippen LogP contribution in [0, 0.1) is 0 Å². The van der Waals surface area contributed by atoms with Crippen molar-refractivity contribution in [2.75, 3.05) is 13.2 Å². The van der Waals surface area contributed by atoms with Crippen LogP contribution < -0.4 is 0 Å². The number of aliphatic hydroxyl groups is 1. The molecule has 0 aliphatic carbocycles. The van der Waals surface area contributed by atoms with E-state index in [9.17, 15) is 8.78 Å². The molecule has 2 nitrogen and oxygen atoms in total. The van der Waals surface area contributed by atoms with Crippen molar-refractivity contribution in [3.63, 3.8) is 0 Å². The molecule has 72 valence electrons. The predicted molar refractivity (Wildman–Crippen MR) is 40.2 cm³/mol. The van der Waals surface area contributed by atoms with E-state index in [4.69, 9.17) is 9.84 Å². The smallest absolute Gasteiger partial charge is 0.275 e. The average molecular weight is 180 g/mol. The summed E-state index contributed by atoms with van der Waals surface area (Å²) in [4.78, 5) is 0. The maximum Gasteiger partial charge on any atom is 0.275 e.